The van der Waals surface area contributed by atoms with E-state index in [4.69, 9.17) is 4.74 Å². The van der Waals surface area contributed by atoms with Gasteiger partial charge in [0.15, 0.2) is 11.6 Å². The number of carbonyl (C=O) groups is 2. The fourth-order valence-electron chi connectivity index (χ4n) is 4.09. The smallest absolute Gasteiger partial charge is 0.163 e. The second kappa shape index (κ2) is 5.73. The number of rotatable bonds is 4. The standard InChI is InChI=1S/C21H21NO3/c1-4-9-22-17-7-5-13-14(6-8-19(13)24)21(17)16-10-15(12(2)23)20(25-3)11-18(16)22/h5,7,10-11H,4,6,8-9H2,1-3H3. The van der Waals surface area contributed by atoms with Gasteiger partial charge in [-0.1, -0.05) is 6.92 Å². The molecular formula is C21H21NO3. The molecule has 0 N–H and O–H groups in total. The van der Waals surface area contributed by atoms with Crippen LogP contribution in [0.5, 0.6) is 5.75 Å². The second-order valence-corrected chi connectivity index (χ2v) is 6.69. The molecule has 1 aliphatic carbocycles. The Bertz CT molecular complexity index is 1040. The minimum Gasteiger partial charge on any atom is -0.496 e. The number of hydrogen-bond donors (Lipinski definition) is 0. The van der Waals surface area contributed by atoms with Gasteiger partial charge in [0.25, 0.3) is 0 Å². The average molecular weight is 335 g/mol. The summed E-state index contributed by atoms with van der Waals surface area (Å²) in [5.74, 6) is 0.806. The van der Waals surface area contributed by atoms with Crippen molar-refractivity contribution in [3.63, 3.8) is 0 Å². The number of methoxy groups -OCH3 is 1. The van der Waals surface area contributed by atoms with E-state index in [1.807, 2.05) is 24.3 Å². The van der Waals surface area contributed by atoms with Crippen molar-refractivity contribution in [2.75, 3.05) is 7.11 Å². The van der Waals surface area contributed by atoms with Gasteiger partial charge in [-0.15, -0.1) is 0 Å². The normalized spacial score (nSPS) is 13.6. The third kappa shape index (κ3) is 2.20. The zero-order chi connectivity index (χ0) is 17.7. The van der Waals surface area contributed by atoms with Gasteiger partial charge in [0.1, 0.15) is 5.75 Å². The van der Waals surface area contributed by atoms with E-state index in [9.17, 15) is 9.59 Å². The summed E-state index contributed by atoms with van der Waals surface area (Å²) in [5, 5.41) is 2.16. The third-order valence-electron chi connectivity index (χ3n) is 5.19. The molecular weight excluding hydrogens is 314 g/mol. The summed E-state index contributed by atoms with van der Waals surface area (Å²) < 4.78 is 7.74. The number of nitrogens with zero attached hydrogens (tertiary/aromatic N) is 1. The Morgan fingerprint density at radius 2 is 2.00 bits per heavy atom. The van der Waals surface area contributed by atoms with Crippen molar-refractivity contribution in [2.24, 2.45) is 0 Å². The van der Waals surface area contributed by atoms with E-state index in [0.717, 1.165) is 52.3 Å². The van der Waals surface area contributed by atoms with Crippen molar-refractivity contribution in [1.29, 1.82) is 0 Å². The molecule has 1 aliphatic rings. The molecule has 3 aromatic rings. The van der Waals surface area contributed by atoms with E-state index in [2.05, 4.69) is 11.5 Å². The quantitative estimate of drug-likeness (QED) is 0.657. The van der Waals surface area contributed by atoms with Crippen molar-refractivity contribution >= 4 is 33.4 Å². The van der Waals surface area contributed by atoms with Gasteiger partial charge in [-0.2, -0.15) is 0 Å². The maximum Gasteiger partial charge on any atom is 0.163 e. The van der Waals surface area contributed by atoms with Gasteiger partial charge in [-0.25, -0.2) is 0 Å². The lowest BCUT2D eigenvalue weighted by Crippen LogP contribution is -2.00. The summed E-state index contributed by atoms with van der Waals surface area (Å²) in [6.07, 6.45) is 2.36. The van der Waals surface area contributed by atoms with Gasteiger partial charge in [-0.05, 0) is 43.5 Å². The van der Waals surface area contributed by atoms with Crippen LogP contribution in [0.4, 0.5) is 0 Å². The van der Waals surface area contributed by atoms with Gasteiger partial charge in [0, 0.05) is 40.9 Å². The molecule has 0 fully saturated rings. The highest BCUT2D eigenvalue weighted by atomic mass is 16.5. The first-order valence-corrected chi connectivity index (χ1v) is 8.76. The molecule has 2 aromatic carbocycles. The molecule has 4 heteroatoms. The van der Waals surface area contributed by atoms with Crippen LogP contribution >= 0.6 is 0 Å². The summed E-state index contributed by atoms with van der Waals surface area (Å²) in [7, 11) is 1.59. The van der Waals surface area contributed by atoms with Crippen molar-refractivity contribution in [3.05, 3.63) is 41.0 Å². The number of ether oxygens (including phenoxy) is 1. The van der Waals surface area contributed by atoms with Crippen LogP contribution in [-0.2, 0) is 13.0 Å². The first-order chi connectivity index (χ1) is 12.1. The molecule has 0 unspecified atom stereocenters. The Morgan fingerprint density at radius 3 is 2.68 bits per heavy atom. The molecule has 0 saturated heterocycles. The molecule has 25 heavy (non-hydrogen) atoms. The highest BCUT2D eigenvalue weighted by Crippen LogP contribution is 2.39. The van der Waals surface area contributed by atoms with Crippen molar-refractivity contribution < 1.29 is 14.3 Å². The summed E-state index contributed by atoms with van der Waals surface area (Å²) in [5.41, 5.74) is 4.75. The molecule has 1 aromatic heterocycles. The number of aromatic nitrogens is 1. The first kappa shape index (κ1) is 15.9. The third-order valence-corrected chi connectivity index (χ3v) is 5.19. The summed E-state index contributed by atoms with van der Waals surface area (Å²) in [6.45, 7) is 4.59. The predicted octanol–water partition coefficient (Wildman–Crippen LogP) is 4.54. The van der Waals surface area contributed by atoms with Crippen LogP contribution in [0.1, 0.15) is 53.0 Å². The molecule has 4 rings (SSSR count). The molecule has 0 bridgehead atoms. The topological polar surface area (TPSA) is 48.3 Å². The van der Waals surface area contributed by atoms with Crippen LogP contribution in [0.3, 0.4) is 0 Å². The fraction of sp³-hybridized carbons (Fsp3) is 0.333. The number of fused-ring (bicyclic) bond motifs is 5. The Morgan fingerprint density at radius 1 is 1.20 bits per heavy atom. The first-order valence-electron chi connectivity index (χ1n) is 8.76. The van der Waals surface area contributed by atoms with Gasteiger partial charge < -0.3 is 9.30 Å². The van der Waals surface area contributed by atoms with Gasteiger partial charge in [-0.3, -0.25) is 9.59 Å². The van der Waals surface area contributed by atoms with Crippen LogP contribution in [0.15, 0.2) is 24.3 Å². The van der Waals surface area contributed by atoms with Gasteiger partial charge in [0.05, 0.1) is 18.2 Å². The van der Waals surface area contributed by atoms with Crippen molar-refractivity contribution in [2.45, 2.75) is 39.7 Å². The highest BCUT2D eigenvalue weighted by Gasteiger charge is 2.25. The number of carbonyl (C=O) groups excluding carboxylic acids is 2. The molecule has 0 amide bonds. The lowest BCUT2D eigenvalue weighted by atomic mass is 10.0. The van der Waals surface area contributed by atoms with E-state index in [1.54, 1.807) is 14.0 Å². The summed E-state index contributed by atoms with van der Waals surface area (Å²) in [6, 6.07) is 7.91. The number of Topliss-reactive ketones (excluding diaryl/α,β-unsaturated/α-hetero) is 2. The van der Waals surface area contributed by atoms with E-state index in [1.165, 1.54) is 0 Å². The Kier molecular flexibility index (Phi) is 3.64. The van der Waals surface area contributed by atoms with Gasteiger partial charge in [0.2, 0.25) is 0 Å². The second-order valence-electron chi connectivity index (χ2n) is 6.69. The van der Waals surface area contributed by atoms with E-state index in [-0.39, 0.29) is 11.6 Å². The molecule has 0 spiro atoms. The van der Waals surface area contributed by atoms with Crippen LogP contribution in [0.25, 0.3) is 21.8 Å². The average Bonchev–Trinajstić information content (AvgIpc) is 3.12. The minimum absolute atomic E-state index is 0.0150. The molecule has 0 radical (unpaired) electrons. The maximum absolute atomic E-state index is 12.2. The van der Waals surface area contributed by atoms with E-state index < -0.39 is 0 Å². The highest BCUT2D eigenvalue weighted by molar-refractivity contribution is 6.16. The van der Waals surface area contributed by atoms with Crippen molar-refractivity contribution in [3.8, 4) is 5.75 Å². The van der Waals surface area contributed by atoms with Crippen molar-refractivity contribution in [1.82, 2.24) is 4.57 Å². The monoisotopic (exact) mass is 335 g/mol. The molecule has 4 nitrogen and oxygen atoms in total. The predicted molar refractivity (Wildman–Crippen MR) is 98.9 cm³/mol. The number of aryl methyl sites for hydroxylation is 2. The fourth-order valence-corrected chi connectivity index (χ4v) is 4.09. The Hall–Kier alpha value is -2.62. The Balaban J connectivity index is 2.18. The maximum atomic E-state index is 12.2. The lowest BCUT2D eigenvalue weighted by Gasteiger charge is -2.09. The minimum atomic E-state index is -0.0150. The molecule has 128 valence electrons. The Labute approximate surface area is 146 Å². The molecule has 0 atom stereocenters. The largest absolute Gasteiger partial charge is 0.496 e. The number of ketones is 2. The van der Waals surface area contributed by atoms with Crippen LogP contribution in [0.2, 0.25) is 0 Å². The summed E-state index contributed by atoms with van der Waals surface area (Å²) >= 11 is 0. The van der Waals surface area contributed by atoms with E-state index in [0.29, 0.717) is 17.7 Å². The SMILES string of the molecule is CCCn1c2cc(OC)c(C(C)=O)cc2c2c3c(ccc21)C(=O)CC3. The van der Waals surface area contributed by atoms with Crippen LogP contribution in [0, 0.1) is 0 Å². The van der Waals surface area contributed by atoms with Gasteiger partial charge >= 0.3 is 0 Å². The zero-order valence-corrected chi connectivity index (χ0v) is 14.8. The zero-order valence-electron chi connectivity index (χ0n) is 14.8. The molecule has 0 aliphatic heterocycles. The number of hydrogen-bond acceptors (Lipinski definition) is 3. The molecule has 0 saturated carbocycles. The van der Waals surface area contributed by atoms with Crippen LogP contribution < -0.4 is 4.74 Å². The molecule has 1 heterocycles. The van der Waals surface area contributed by atoms with E-state index >= 15 is 0 Å². The summed E-state index contributed by atoms with van der Waals surface area (Å²) in [4.78, 5) is 24.3. The lowest BCUT2D eigenvalue weighted by molar-refractivity contribution is 0.0991. The van der Waals surface area contributed by atoms with Crippen LogP contribution in [-0.4, -0.2) is 23.2 Å². The number of benzene rings is 2.